The topological polar surface area (TPSA) is 132 Å². The van der Waals surface area contributed by atoms with Crippen molar-refractivity contribution in [2.75, 3.05) is 10.5 Å². The molecule has 2 aromatic carbocycles. The van der Waals surface area contributed by atoms with Gasteiger partial charge in [-0.2, -0.15) is 8.42 Å². The summed E-state index contributed by atoms with van der Waals surface area (Å²) in [7, 11) is -8.29. The first-order chi connectivity index (χ1) is 14.6. The summed E-state index contributed by atoms with van der Waals surface area (Å²) in [6.07, 6.45) is 1.13. The highest BCUT2D eigenvalue weighted by Crippen LogP contribution is 2.30. The fourth-order valence-electron chi connectivity index (χ4n) is 3.00. The van der Waals surface area contributed by atoms with Crippen LogP contribution in [0.25, 0.3) is 11.0 Å². The average Bonchev–Trinajstić information content (AvgIpc) is 3.12. The molecule has 2 heterocycles. The lowest BCUT2D eigenvalue weighted by Gasteiger charge is -2.12. The highest BCUT2D eigenvalue weighted by atomic mass is 35.5. The Balaban J connectivity index is 1.72. The number of benzene rings is 2. The molecule has 0 fully saturated rings. The maximum absolute atomic E-state index is 13.0. The number of para-hydroxylation sites is 1. The number of nitrogens with two attached hydrogens (primary N) is 1. The van der Waals surface area contributed by atoms with E-state index in [1.54, 1.807) is 42.5 Å². The molecule has 31 heavy (non-hydrogen) atoms. The van der Waals surface area contributed by atoms with E-state index in [-0.39, 0.29) is 15.8 Å². The zero-order valence-electron chi connectivity index (χ0n) is 15.8. The van der Waals surface area contributed by atoms with E-state index in [4.69, 9.17) is 21.8 Å². The minimum Gasteiger partial charge on any atom is -0.443 e. The molecule has 160 valence electrons. The molecule has 0 spiro atoms. The molecule has 8 nitrogen and oxygen atoms in total. The minimum absolute atomic E-state index is 0.0604. The van der Waals surface area contributed by atoms with Gasteiger partial charge in [-0.05, 0) is 29.8 Å². The lowest BCUT2D eigenvalue weighted by Crippen LogP contribution is -2.17. The maximum atomic E-state index is 13.0. The number of furan rings is 1. The zero-order valence-corrected chi connectivity index (χ0v) is 18.2. The van der Waals surface area contributed by atoms with E-state index in [9.17, 15) is 16.8 Å². The van der Waals surface area contributed by atoms with E-state index in [1.165, 1.54) is 18.2 Å². The third kappa shape index (κ3) is 4.50. The molecule has 0 saturated heterocycles. The summed E-state index contributed by atoms with van der Waals surface area (Å²) in [5.41, 5.74) is 6.65. The second-order valence-electron chi connectivity index (χ2n) is 6.72. The van der Waals surface area contributed by atoms with Gasteiger partial charge in [0.25, 0.3) is 10.0 Å². The standard InChI is InChI=1S/C20H16ClN3O5S2/c21-15-10-17(24-31(27,28)19-9-14-5-1-2-7-18(14)29-19)20(23-11-15)30(25,26)12-13-4-3-6-16(22)8-13/h1-11,24H,12,22H2. The van der Waals surface area contributed by atoms with Crippen LogP contribution in [0.5, 0.6) is 0 Å². The van der Waals surface area contributed by atoms with Crippen LogP contribution in [0.4, 0.5) is 11.4 Å². The molecule has 0 bridgehead atoms. The van der Waals surface area contributed by atoms with Gasteiger partial charge < -0.3 is 10.2 Å². The second-order valence-corrected chi connectivity index (χ2v) is 10.7. The lowest BCUT2D eigenvalue weighted by atomic mass is 10.2. The van der Waals surface area contributed by atoms with Crippen LogP contribution in [0, 0.1) is 0 Å². The van der Waals surface area contributed by atoms with Gasteiger partial charge in [-0.3, -0.25) is 4.72 Å². The molecule has 0 radical (unpaired) electrons. The van der Waals surface area contributed by atoms with Crippen LogP contribution < -0.4 is 10.5 Å². The summed E-state index contributed by atoms with van der Waals surface area (Å²) in [6.45, 7) is 0. The summed E-state index contributed by atoms with van der Waals surface area (Å²) in [5, 5.41) is -0.182. The normalized spacial score (nSPS) is 12.2. The van der Waals surface area contributed by atoms with Crippen molar-refractivity contribution in [3.8, 4) is 0 Å². The number of halogens is 1. The summed E-state index contributed by atoms with van der Waals surface area (Å²) in [6, 6.07) is 15.7. The van der Waals surface area contributed by atoms with Crippen molar-refractivity contribution in [1.29, 1.82) is 0 Å². The van der Waals surface area contributed by atoms with Gasteiger partial charge in [-0.25, -0.2) is 13.4 Å². The van der Waals surface area contributed by atoms with E-state index in [2.05, 4.69) is 9.71 Å². The highest BCUT2D eigenvalue weighted by molar-refractivity contribution is 7.93. The third-order valence-corrected chi connectivity index (χ3v) is 7.39. The Morgan fingerprint density at radius 3 is 2.52 bits per heavy atom. The van der Waals surface area contributed by atoms with Gasteiger partial charge in [0.05, 0.1) is 16.5 Å². The minimum atomic E-state index is -4.25. The average molecular weight is 478 g/mol. The molecule has 0 unspecified atom stereocenters. The first kappa shape index (κ1) is 21.2. The van der Waals surface area contributed by atoms with Crippen molar-refractivity contribution < 1.29 is 21.3 Å². The summed E-state index contributed by atoms with van der Waals surface area (Å²) in [4.78, 5) is 3.88. The maximum Gasteiger partial charge on any atom is 0.295 e. The molecule has 0 aliphatic carbocycles. The Morgan fingerprint density at radius 1 is 1.00 bits per heavy atom. The predicted molar refractivity (Wildman–Crippen MR) is 118 cm³/mol. The van der Waals surface area contributed by atoms with Gasteiger partial charge >= 0.3 is 0 Å². The number of nitrogens with zero attached hydrogens (tertiary/aromatic N) is 1. The van der Waals surface area contributed by atoms with Gasteiger partial charge in [0.1, 0.15) is 5.58 Å². The third-order valence-electron chi connectivity index (χ3n) is 4.33. The molecular formula is C20H16ClN3O5S2. The molecule has 4 aromatic rings. The molecule has 0 amide bonds. The van der Waals surface area contributed by atoms with E-state index in [1.807, 2.05) is 0 Å². The van der Waals surface area contributed by atoms with Crippen LogP contribution in [0.2, 0.25) is 5.02 Å². The van der Waals surface area contributed by atoms with Crippen molar-refractivity contribution in [3.63, 3.8) is 0 Å². The van der Waals surface area contributed by atoms with E-state index in [0.717, 1.165) is 6.20 Å². The molecule has 2 aromatic heterocycles. The number of aromatic nitrogens is 1. The number of hydrogen-bond acceptors (Lipinski definition) is 7. The number of pyridine rings is 1. The fraction of sp³-hybridized carbons (Fsp3) is 0.0500. The van der Waals surface area contributed by atoms with Crippen molar-refractivity contribution in [2.45, 2.75) is 15.9 Å². The fourth-order valence-corrected chi connectivity index (χ4v) is 5.67. The first-order valence-corrected chi connectivity index (χ1v) is 12.4. The van der Waals surface area contributed by atoms with Crippen molar-refractivity contribution >= 4 is 53.8 Å². The molecular weight excluding hydrogens is 462 g/mol. The molecule has 3 N–H and O–H groups in total. The summed E-state index contributed by atoms with van der Waals surface area (Å²) < 4.78 is 59.4. The molecule has 11 heteroatoms. The number of anilines is 2. The monoisotopic (exact) mass is 477 g/mol. The Labute approximate surface area is 183 Å². The van der Waals surface area contributed by atoms with E-state index < -0.39 is 30.6 Å². The Kier molecular flexibility index (Phi) is 5.38. The lowest BCUT2D eigenvalue weighted by molar-refractivity contribution is 0.484. The zero-order chi connectivity index (χ0) is 22.2. The van der Waals surface area contributed by atoms with Gasteiger partial charge in [-0.15, -0.1) is 0 Å². The number of rotatable bonds is 6. The highest BCUT2D eigenvalue weighted by Gasteiger charge is 2.27. The molecule has 0 aliphatic heterocycles. The van der Waals surface area contributed by atoms with Crippen LogP contribution in [-0.4, -0.2) is 21.8 Å². The number of sulfonamides is 1. The number of nitrogens with one attached hydrogen (secondary N) is 1. The Hall–Kier alpha value is -3.08. The molecule has 0 atom stereocenters. The van der Waals surface area contributed by atoms with Crippen LogP contribution in [-0.2, 0) is 25.6 Å². The first-order valence-electron chi connectivity index (χ1n) is 8.88. The van der Waals surface area contributed by atoms with Crippen molar-refractivity contribution in [1.82, 2.24) is 4.98 Å². The second kappa shape index (κ2) is 7.88. The van der Waals surface area contributed by atoms with Gasteiger partial charge in [0, 0.05) is 23.3 Å². The van der Waals surface area contributed by atoms with Crippen LogP contribution >= 0.6 is 11.6 Å². The predicted octanol–water partition coefficient (Wildman–Crippen LogP) is 3.84. The summed E-state index contributed by atoms with van der Waals surface area (Å²) >= 11 is 5.95. The Bertz CT molecular complexity index is 1470. The van der Waals surface area contributed by atoms with E-state index >= 15 is 0 Å². The van der Waals surface area contributed by atoms with Crippen LogP contribution in [0.3, 0.4) is 0 Å². The summed E-state index contributed by atoms with van der Waals surface area (Å²) in [5.74, 6) is -0.425. The number of fused-ring (bicyclic) bond motifs is 1. The van der Waals surface area contributed by atoms with Crippen molar-refractivity contribution in [2.24, 2.45) is 0 Å². The number of sulfone groups is 1. The van der Waals surface area contributed by atoms with Crippen molar-refractivity contribution in [3.05, 3.63) is 77.4 Å². The largest absolute Gasteiger partial charge is 0.443 e. The van der Waals surface area contributed by atoms with E-state index in [0.29, 0.717) is 22.2 Å². The molecule has 0 aliphatic rings. The Morgan fingerprint density at radius 2 is 1.77 bits per heavy atom. The molecule has 0 saturated carbocycles. The quantitative estimate of drug-likeness (QED) is 0.403. The van der Waals surface area contributed by atoms with Gasteiger partial charge in [-0.1, -0.05) is 41.9 Å². The smallest absolute Gasteiger partial charge is 0.295 e. The SMILES string of the molecule is Nc1cccc(CS(=O)(=O)c2ncc(Cl)cc2NS(=O)(=O)c2cc3ccccc3o2)c1. The van der Waals surface area contributed by atoms with Crippen LogP contribution in [0.1, 0.15) is 5.56 Å². The van der Waals surface area contributed by atoms with Gasteiger partial charge in [0.2, 0.25) is 14.9 Å². The number of hydrogen-bond donors (Lipinski definition) is 2. The molecule has 4 rings (SSSR count). The van der Waals surface area contributed by atoms with Crippen LogP contribution in [0.15, 0.2) is 81.4 Å². The van der Waals surface area contributed by atoms with Gasteiger partial charge in [0.15, 0.2) is 5.03 Å². The number of nitrogen functional groups attached to an aromatic ring is 1.